The molecule has 160 valence electrons. The molecule has 0 aliphatic carbocycles. The van der Waals surface area contributed by atoms with Gasteiger partial charge in [0.05, 0.1) is 29.4 Å². The van der Waals surface area contributed by atoms with Crippen LogP contribution in [0, 0.1) is 0 Å². The van der Waals surface area contributed by atoms with E-state index in [0.29, 0.717) is 0 Å². The fourth-order valence-electron chi connectivity index (χ4n) is 3.92. The average molecular weight is 462 g/mol. The van der Waals surface area contributed by atoms with E-state index in [1.807, 2.05) is 35.3 Å². The predicted molar refractivity (Wildman–Crippen MR) is 127 cm³/mol. The quantitative estimate of drug-likeness (QED) is 0.367. The second-order valence-electron chi connectivity index (χ2n) is 7.45. The van der Waals surface area contributed by atoms with E-state index in [1.165, 1.54) is 4.88 Å². The molecule has 1 atom stereocenters. The molecule has 0 bridgehead atoms. The fraction of sp³-hybridized carbons (Fsp3) is 0.167. The van der Waals surface area contributed by atoms with Crippen LogP contribution < -0.4 is 19.2 Å². The molecule has 0 unspecified atom stereocenters. The standard InChI is InChI=1S/C24H19N3O3S2/c1-28-17-7-4-15(5-8-17)19-13-32-24(25-19)27-20(12-18(26-27)23-3-2-10-31-23)16-6-9-21-22(11-16)30-14-29-21/h2-11,13,20H,12,14H2,1H3/t20-/m1/s1. The van der Waals surface area contributed by atoms with Crippen LogP contribution in [0.1, 0.15) is 22.9 Å². The molecule has 0 fully saturated rings. The molecule has 0 radical (unpaired) electrons. The van der Waals surface area contributed by atoms with Crippen molar-refractivity contribution in [3.63, 3.8) is 0 Å². The Balaban J connectivity index is 1.36. The molecule has 4 aromatic rings. The van der Waals surface area contributed by atoms with Crippen LogP contribution in [0.4, 0.5) is 5.13 Å². The summed E-state index contributed by atoms with van der Waals surface area (Å²) in [4.78, 5) is 6.11. The third-order valence-electron chi connectivity index (χ3n) is 5.57. The lowest BCUT2D eigenvalue weighted by atomic mass is 10.0. The van der Waals surface area contributed by atoms with Gasteiger partial charge in [-0.15, -0.1) is 22.7 Å². The second kappa shape index (κ2) is 7.96. The SMILES string of the molecule is COc1ccc(-c2csc(N3N=C(c4cccs4)C[C@@H]3c3ccc4c(c3)OCO4)n2)cc1. The van der Waals surface area contributed by atoms with Crippen LogP contribution in [-0.4, -0.2) is 24.6 Å². The summed E-state index contributed by atoms with van der Waals surface area (Å²) >= 11 is 3.31. The van der Waals surface area contributed by atoms with Crippen molar-refractivity contribution < 1.29 is 14.2 Å². The van der Waals surface area contributed by atoms with E-state index in [0.717, 1.165) is 51.3 Å². The zero-order chi connectivity index (χ0) is 21.5. The Labute approximate surface area is 193 Å². The Morgan fingerprint density at radius 3 is 2.72 bits per heavy atom. The largest absolute Gasteiger partial charge is 0.497 e. The van der Waals surface area contributed by atoms with Crippen LogP contribution in [-0.2, 0) is 0 Å². The summed E-state index contributed by atoms with van der Waals surface area (Å²) in [5.74, 6) is 2.40. The van der Waals surface area contributed by atoms with Crippen LogP contribution in [0.25, 0.3) is 11.3 Å². The van der Waals surface area contributed by atoms with E-state index in [2.05, 4.69) is 35.0 Å². The molecule has 6 rings (SSSR count). The van der Waals surface area contributed by atoms with Crippen LogP contribution in [0.15, 0.2) is 70.5 Å². The number of hydrazone groups is 1. The van der Waals surface area contributed by atoms with Gasteiger partial charge < -0.3 is 14.2 Å². The van der Waals surface area contributed by atoms with Crippen LogP contribution in [0.2, 0.25) is 0 Å². The first kappa shape index (κ1) is 19.3. The number of ether oxygens (including phenoxy) is 3. The van der Waals surface area contributed by atoms with E-state index < -0.39 is 0 Å². The van der Waals surface area contributed by atoms with Crippen LogP contribution in [0.3, 0.4) is 0 Å². The number of rotatable bonds is 5. The first-order valence-corrected chi connectivity index (χ1v) is 11.9. The Bertz CT molecular complexity index is 1280. The molecule has 2 aromatic heterocycles. The first-order chi connectivity index (χ1) is 15.8. The summed E-state index contributed by atoms with van der Waals surface area (Å²) in [5, 5.41) is 12.1. The molecule has 4 heterocycles. The summed E-state index contributed by atoms with van der Waals surface area (Å²) in [7, 11) is 1.67. The van der Waals surface area contributed by atoms with E-state index in [1.54, 1.807) is 29.8 Å². The number of nitrogens with zero attached hydrogens (tertiary/aromatic N) is 3. The first-order valence-electron chi connectivity index (χ1n) is 10.2. The van der Waals surface area contributed by atoms with Gasteiger partial charge >= 0.3 is 0 Å². The maximum Gasteiger partial charge on any atom is 0.231 e. The van der Waals surface area contributed by atoms with Crippen molar-refractivity contribution in [1.82, 2.24) is 4.98 Å². The van der Waals surface area contributed by atoms with Gasteiger partial charge in [-0.05, 0) is 53.4 Å². The number of fused-ring (bicyclic) bond motifs is 1. The minimum Gasteiger partial charge on any atom is -0.497 e. The molecule has 6 nitrogen and oxygen atoms in total. The molecule has 0 spiro atoms. The van der Waals surface area contributed by atoms with Crippen molar-refractivity contribution in [2.45, 2.75) is 12.5 Å². The monoisotopic (exact) mass is 461 g/mol. The lowest BCUT2D eigenvalue weighted by Crippen LogP contribution is -2.18. The third kappa shape index (κ3) is 3.41. The number of anilines is 1. The molecule has 2 aromatic carbocycles. The van der Waals surface area contributed by atoms with Crippen molar-refractivity contribution in [3.05, 3.63) is 75.8 Å². The van der Waals surface area contributed by atoms with Gasteiger partial charge in [0.1, 0.15) is 5.75 Å². The normalized spacial score (nSPS) is 17.0. The van der Waals surface area contributed by atoms with Crippen LogP contribution >= 0.6 is 22.7 Å². The molecule has 0 N–H and O–H groups in total. The fourth-order valence-corrected chi connectivity index (χ4v) is 5.48. The van der Waals surface area contributed by atoms with Crippen molar-refractivity contribution in [2.24, 2.45) is 5.10 Å². The Morgan fingerprint density at radius 2 is 1.91 bits per heavy atom. The molecule has 8 heteroatoms. The molecule has 0 saturated heterocycles. The van der Waals surface area contributed by atoms with Crippen molar-refractivity contribution in [3.8, 4) is 28.5 Å². The summed E-state index contributed by atoms with van der Waals surface area (Å²) < 4.78 is 16.4. The van der Waals surface area contributed by atoms with Gasteiger partial charge in [0.2, 0.25) is 11.9 Å². The van der Waals surface area contributed by atoms with Crippen molar-refractivity contribution >= 4 is 33.5 Å². The Morgan fingerprint density at radius 1 is 1.03 bits per heavy atom. The molecule has 32 heavy (non-hydrogen) atoms. The van der Waals surface area contributed by atoms with E-state index in [4.69, 9.17) is 24.3 Å². The maximum absolute atomic E-state index is 5.62. The van der Waals surface area contributed by atoms with Crippen LogP contribution in [0.5, 0.6) is 17.2 Å². The highest BCUT2D eigenvalue weighted by Crippen LogP contribution is 2.42. The topological polar surface area (TPSA) is 56.2 Å². The number of thiophene rings is 1. The Hall–Kier alpha value is -3.36. The zero-order valence-corrected chi connectivity index (χ0v) is 18.9. The van der Waals surface area contributed by atoms with Gasteiger partial charge in [-0.2, -0.15) is 5.10 Å². The summed E-state index contributed by atoms with van der Waals surface area (Å²) in [6.07, 6.45) is 0.803. The summed E-state index contributed by atoms with van der Waals surface area (Å²) in [6, 6.07) is 18.3. The molecule has 0 amide bonds. The number of thiazole rings is 1. The molecular weight excluding hydrogens is 442 g/mol. The lowest BCUT2D eigenvalue weighted by Gasteiger charge is -2.21. The molecule has 2 aliphatic rings. The van der Waals surface area contributed by atoms with Gasteiger partial charge in [0.15, 0.2) is 11.5 Å². The van der Waals surface area contributed by atoms with Crippen molar-refractivity contribution in [1.29, 1.82) is 0 Å². The predicted octanol–water partition coefficient (Wildman–Crippen LogP) is 5.96. The van der Waals surface area contributed by atoms with Gasteiger partial charge in [-0.1, -0.05) is 12.1 Å². The lowest BCUT2D eigenvalue weighted by molar-refractivity contribution is 0.174. The molecule has 2 aliphatic heterocycles. The summed E-state index contributed by atoms with van der Waals surface area (Å²) in [5.41, 5.74) is 4.18. The maximum atomic E-state index is 5.62. The number of aromatic nitrogens is 1. The highest BCUT2D eigenvalue weighted by atomic mass is 32.1. The number of hydrogen-bond donors (Lipinski definition) is 0. The molecular formula is C24H19N3O3S2. The van der Waals surface area contributed by atoms with Gasteiger partial charge in [-0.25, -0.2) is 9.99 Å². The average Bonchev–Trinajstić information content (AvgIpc) is 3.63. The third-order valence-corrected chi connectivity index (χ3v) is 7.32. The number of methoxy groups -OCH3 is 1. The molecule has 0 saturated carbocycles. The van der Waals surface area contributed by atoms with Gasteiger partial charge in [0.25, 0.3) is 0 Å². The van der Waals surface area contributed by atoms with E-state index in [9.17, 15) is 0 Å². The van der Waals surface area contributed by atoms with Crippen molar-refractivity contribution in [2.75, 3.05) is 18.9 Å². The Kier molecular flexibility index (Phi) is 4.81. The van der Waals surface area contributed by atoms with E-state index >= 15 is 0 Å². The van der Waals surface area contributed by atoms with E-state index in [-0.39, 0.29) is 12.8 Å². The number of benzene rings is 2. The minimum atomic E-state index is 0.0384. The van der Waals surface area contributed by atoms with Gasteiger partial charge in [0, 0.05) is 17.4 Å². The minimum absolute atomic E-state index is 0.0384. The highest BCUT2D eigenvalue weighted by Gasteiger charge is 2.33. The second-order valence-corrected chi connectivity index (χ2v) is 9.23. The zero-order valence-electron chi connectivity index (χ0n) is 17.2. The smallest absolute Gasteiger partial charge is 0.231 e. The summed E-state index contributed by atoms with van der Waals surface area (Å²) in [6.45, 7) is 0.266. The number of hydrogen-bond acceptors (Lipinski definition) is 8. The van der Waals surface area contributed by atoms with Gasteiger partial charge in [-0.3, -0.25) is 0 Å². The highest BCUT2D eigenvalue weighted by molar-refractivity contribution is 7.14.